The van der Waals surface area contributed by atoms with Crippen molar-refractivity contribution in [1.82, 2.24) is 29.9 Å². The van der Waals surface area contributed by atoms with Gasteiger partial charge in [0.2, 0.25) is 5.95 Å². The Hall–Kier alpha value is -3.47. The first-order valence-electron chi connectivity index (χ1n) is 8.27. The molecule has 0 aliphatic rings. The van der Waals surface area contributed by atoms with Crippen LogP contribution in [0.15, 0.2) is 34.7 Å². The van der Waals surface area contributed by atoms with E-state index in [9.17, 15) is 8.78 Å². The summed E-state index contributed by atoms with van der Waals surface area (Å²) in [6.07, 6.45) is 0. The van der Waals surface area contributed by atoms with Crippen LogP contribution in [0.2, 0.25) is 0 Å². The van der Waals surface area contributed by atoms with Gasteiger partial charge in [-0.1, -0.05) is 11.3 Å². The number of anilines is 1. The van der Waals surface area contributed by atoms with E-state index in [1.807, 2.05) is 6.92 Å². The SMILES string of the molecule is Cc1ccc(-c2nc(N)nc3c2nnn3Cc2cccc(COC(F)F)n2)o1. The van der Waals surface area contributed by atoms with Gasteiger partial charge in [0.05, 0.1) is 24.5 Å². The fraction of sp³-hybridized carbons (Fsp3) is 0.235. The summed E-state index contributed by atoms with van der Waals surface area (Å²) >= 11 is 0. The van der Waals surface area contributed by atoms with E-state index >= 15 is 0 Å². The predicted molar refractivity (Wildman–Crippen MR) is 94.1 cm³/mol. The van der Waals surface area contributed by atoms with Gasteiger partial charge < -0.3 is 14.9 Å². The number of halogens is 2. The lowest BCUT2D eigenvalue weighted by Crippen LogP contribution is -2.08. The molecule has 0 amide bonds. The summed E-state index contributed by atoms with van der Waals surface area (Å²) in [6.45, 7) is -1.11. The Bertz CT molecular complexity index is 1130. The third kappa shape index (κ3) is 3.64. The molecular weight excluding hydrogens is 372 g/mol. The summed E-state index contributed by atoms with van der Waals surface area (Å²) in [5.74, 6) is 1.28. The summed E-state index contributed by atoms with van der Waals surface area (Å²) in [5, 5.41) is 8.25. The Labute approximate surface area is 157 Å². The molecule has 4 rings (SSSR count). The number of nitrogens with zero attached hydrogens (tertiary/aromatic N) is 6. The van der Waals surface area contributed by atoms with E-state index in [4.69, 9.17) is 10.2 Å². The molecule has 0 fully saturated rings. The number of fused-ring (bicyclic) bond motifs is 1. The first-order valence-corrected chi connectivity index (χ1v) is 8.27. The minimum Gasteiger partial charge on any atom is -0.460 e. The number of pyridine rings is 1. The zero-order valence-corrected chi connectivity index (χ0v) is 14.7. The molecule has 0 radical (unpaired) electrons. The number of aryl methyl sites for hydroxylation is 1. The summed E-state index contributed by atoms with van der Waals surface area (Å²) in [4.78, 5) is 12.7. The van der Waals surface area contributed by atoms with Gasteiger partial charge >= 0.3 is 6.61 Å². The Morgan fingerprint density at radius 1 is 1.14 bits per heavy atom. The molecule has 0 aliphatic carbocycles. The molecule has 9 nitrogen and oxygen atoms in total. The molecule has 11 heteroatoms. The molecule has 2 N–H and O–H groups in total. The molecule has 4 aromatic rings. The highest BCUT2D eigenvalue weighted by molar-refractivity contribution is 5.86. The van der Waals surface area contributed by atoms with E-state index in [2.05, 4.69) is 30.0 Å². The topological polar surface area (TPSA) is 118 Å². The van der Waals surface area contributed by atoms with Gasteiger partial charge in [0, 0.05) is 0 Å². The zero-order valence-electron chi connectivity index (χ0n) is 14.7. The minimum atomic E-state index is -2.85. The minimum absolute atomic E-state index is 0.0483. The van der Waals surface area contributed by atoms with Gasteiger partial charge in [-0.15, -0.1) is 5.10 Å². The molecule has 0 saturated carbocycles. The number of furan rings is 1. The van der Waals surface area contributed by atoms with Crippen LogP contribution in [0.3, 0.4) is 0 Å². The maximum atomic E-state index is 12.2. The normalized spacial score (nSPS) is 11.6. The Balaban J connectivity index is 1.67. The maximum absolute atomic E-state index is 12.2. The van der Waals surface area contributed by atoms with Crippen LogP contribution in [0, 0.1) is 6.92 Å². The lowest BCUT2D eigenvalue weighted by molar-refractivity contribution is -0.137. The van der Waals surface area contributed by atoms with Crippen LogP contribution in [0.1, 0.15) is 17.1 Å². The Kier molecular flexibility index (Phi) is 4.65. The van der Waals surface area contributed by atoms with E-state index in [-0.39, 0.29) is 19.1 Å². The number of hydrogen-bond donors (Lipinski definition) is 1. The quantitative estimate of drug-likeness (QED) is 0.536. The van der Waals surface area contributed by atoms with Crippen LogP contribution in [0.5, 0.6) is 0 Å². The van der Waals surface area contributed by atoms with E-state index in [1.165, 1.54) is 4.68 Å². The molecule has 4 heterocycles. The highest BCUT2D eigenvalue weighted by Crippen LogP contribution is 2.26. The van der Waals surface area contributed by atoms with Crippen LogP contribution in [-0.4, -0.2) is 36.6 Å². The summed E-state index contributed by atoms with van der Waals surface area (Å²) in [6, 6.07) is 8.61. The van der Waals surface area contributed by atoms with E-state index < -0.39 is 6.61 Å². The van der Waals surface area contributed by atoms with Crippen LogP contribution >= 0.6 is 0 Å². The number of nitrogens with two attached hydrogens (primary N) is 1. The fourth-order valence-electron chi connectivity index (χ4n) is 2.71. The summed E-state index contributed by atoms with van der Waals surface area (Å²) in [7, 11) is 0. The van der Waals surface area contributed by atoms with Crippen molar-refractivity contribution in [3.63, 3.8) is 0 Å². The maximum Gasteiger partial charge on any atom is 0.345 e. The predicted octanol–water partition coefficient (Wildman–Crippen LogP) is 2.55. The summed E-state index contributed by atoms with van der Waals surface area (Å²) in [5.41, 5.74) is 8.08. The van der Waals surface area contributed by atoms with E-state index in [0.29, 0.717) is 34.0 Å². The Morgan fingerprint density at radius 2 is 1.96 bits per heavy atom. The van der Waals surface area contributed by atoms with Crippen molar-refractivity contribution in [2.75, 3.05) is 5.73 Å². The van der Waals surface area contributed by atoms with Gasteiger partial charge in [-0.05, 0) is 31.2 Å². The van der Waals surface area contributed by atoms with Crippen molar-refractivity contribution in [3.05, 3.63) is 47.5 Å². The first-order chi connectivity index (χ1) is 13.5. The molecule has 144 valence electrons. The van der Waals surface area contributed by atoms with Gasteiger partial charge in [-0.3, -0.25) is 4.98 Å². The largest absolute Gasteiger partial charge is 0.460 e. The third-order valence-corrected chi connectivity index (χ3v) is 3.89. The van der Waals surface area contributed by atoms with Crippen molar-refractivity contribution in [2.45, 2.75) is 26.7 Å². The number of nitrogen functional groups attached to an aromatic ring is 1. The van der Waals surface area contributed by atoms with Gasteiger partial charge in [-0.2, -0.15) is 13.8 Å². The van der Waals surface area contributed by atoms with Crippen LogP contribution in [0.25, 0.3) is 22.6 Å². The highest BCUT2D eigenvalue weighted by atomic mass is 19.3. The number of ether oxygens (including phenoxy) is 1. The second-order valence-corrected chi connectivity index (χ2v) is 5.95. The van der Waals surface area contributed by atoms with E-state index in [0.717, 1.165) is 5.76 Å². The number of hydrogen-bond acceptors (Lipinski definition) is 8. The molecule has 0 spiro atoms. The monoisotopic (exact) mass is 387 g/mol. The fourth-order valence-corrected chi connectivity index (χ4v) is 2.71. The average Bonchev–Trinajstić information content (AvgIpc) is 3.26. The molecule has 4 aromatic heterocycles. The second-order valence-electron chi connectivity index (χ2n) is 5.95. The average molecular weight is 387 g/mol. The molecule has 0 bridgehead atoms. The van der Waals surface area contributed by atoms with Crippen molar-refractivity contribution in [3.8, 4) is 11.5 Å². The molecule has 0 unspecified atom stereocenters. The summed E-state index contributed by atoms with van der Waals surface area (Å²) < 4.78 is 35.8. The third-order valence-electron chi connectivity index (χ3n) is 3.89. The standard InChI is InChI=1S/C17H15F2N7O2/c1-9-5-6-12(28-9)13-14-15(23-17(20)22-13)26(25-24-14)7-10-3-2-4-11(21-10)8-27-16(18)19/h2-6,16H,7-8H2,1H3,(H2,20,22,23). The lowest BCUT2D eigenvalue weighted by Gasteiger charge is -2.06. The number of aromatic nitrogens is 6. The van der Waals surface area contributed by atoms with Gasteiger partial charge in [0.25, 0.3) is 0 Å². The molecular formula is C17H15F2N7O2. The smallest absolute Gasteiger partial charge is 0.345 e. The molecule has 28 heavy (non-hydrogen) atoms. The first kappa shape index (κ1) is 17.9. The van der Waals surface area contributed by atoms with Crippen molar-refractivity contribution < 1.29 is 17.9 Å². The number of alkyl halides is 2. The van der Waals surface area contributed by atoms with Crippen molar-refractivity contribution >= 4 is 17.1 Å². The molecule has 0 aromatic carbocycles. The molecule has 0 saturated heterocycles. The van der Waals surface area contributed by atoms with E-state index in [1.54, 1.807) is 30.3 Å². The molecule has 0 aliphatic heterocycles. The van der Waals surface area contributed by atoms with Crippen molar-refractivity contribution in [1.29, 1.82) is 0 Å². The second kappa shape index (κ2) is 7.27. The molecule has 0 atom stereocenters. The van der Waals surface area contributed by atoms with Crippen molar-refractivity contribution in [2.24, 2.45) is 0 Å². The van der Waals surface area contributed by atoms with Gasteiger partial charge in [-0.25, -0.2) is 9.67 Å². The Morgan fingerprint density at radius 3 is 2.71 bits per heavy atom. The van der Waals surface area contributed by atoms with Crippen LogP contribution in [0.4, 0.5) is 14.7 Å². The van der Waals surface area contributed by atoms with Crippen LogP contribution < -0.4 is 5.73 Å². The highest BCUT2D eigenvalue weighted by Gasteiger charge is 2.18. The zero-order chi connectivity index (χ0) is 19.7. The number of rotatable bonds is 6. The van der Waals surface area contributed by atoms with Crippen LogP contribution in [-0.2, 0) is 17.9 Å². The van der Waals surface area contributed by atoms with Gasteiger partial charge in [0.15, 0.2) is 16.9 Å². The lowest BCUT2D eigenvalue weighted by atomic mass is 10.3. The van der Waals surface area contributed by atoms with Gasteiger partial charge in [0.1, 0.15) is 11.5 Å².